The zero-order valence-corrected chi connectivity index (χ0v) is 17.1. The lowest BCUT2D eigenvalue weighted by Gasteiger charge is -2.25. The first-order valence-corrected chi connectivity index (χ1v) is 9.12. The lowest BCUT2D eigenvalue weighted by Crippen LogP contribution is -2.38. The van der Waals surface area contributed by atoms with Gasteiger partial charge >= 0.3 is 23.9 Å². The minimum atomic E-state index is -1.31. The molecule has 0 radical (unpaired) electrons. The van der Waals surface area contributed by atoms with Gasteiger partial charge in [0.1, 0.15) is 6.04 Å². The van der Waals surface area contributed by atoms with Crippen LogP contribution in [0.1, 0.15) is 52.5 Å². The molecule has 0 amide bonds. The van der Waals surface area contributed by atoms with E-state index in [0.717, 1.165) is 0 Å². The van der Waals surface area contributed by atoms with E-state index in [2.05, 4.69) is 0 Å². The molecule has 3 atom stereocenters. The highest BCUT2D eigenvalue weighted by Gasteiger charge is 2.30. The molecule has 0 spiro atoms. The average Bonchev–Trinajstić information content (AvgIpc) is 2.59. The van der Waals surface area contributed by atoms with Crippen molar-refractivity contribution in [3.8, 4) is 11.5 Å². The SMILES string of the molecule is CC(=O)Oc1ccc(C(CC(C)OC(=O)C(C)C)[C@H](N)C(=O)O)cc1OC(C)=O. The molecule has 0 aliphatic heterocycles. The van der Waals surface area contributed by atoms with Crippen LogP contribution in [0.2, 0.25) is 0 Å². The predicted molar refractivity (Wildman–Crippen MR) is 102 cm³/mol. The van der Waals surface area contributed by atoms with Gasteiger partial charge in [0, 0.05) is 19.8 Å². The normalized spacial score (nSPS) is 13.9. The highest BCUT2D eigenvalue weighted by Crippen LogP contribution is 2.34. The number of carboxylic acids is 1. The molecule has 3 N–H and O–H groups in total. The lowest BCUT2D eigenvalue weighted by molar-refractivity contribution is -0.152. The Hall–Kier alpha value is -2.94. The first-order chi connectivity index (χ1) is 13.4. The number of ether oxygens (including phenoxy) is 3. The molecule has 0 fully saturated rings. The van der Waals surface area contributed by atoms with E-state index in [-0.39, 0.29) is 23.8 Å². The summed E-state index contributed by atoms with van der Waals surface area (Å²) in [5, 5.41) is 9.40. The third kappa shape index (κ3) is 7.53. The van der Waals surface area contributed by atoms with E-state index >= 15 is 0 Å². The third-order valence-electron chi connectivity index (χ3n) is 4.00. The number of benzene rings is 1. The maximum Gasteiger partial charge on any atom is 0.321 e. The number of hydrogen-bond acceptors (Lipinski definition) is 8. The number of carbonyl (C=O) groups is 4. The van der Waals surface area contributed by atoms with E-state index in [1.165, 1.54) is 32.0 Å². The van der Waals surface area contributed by atoms with Crippen LogP contribution in [0.3, 0.4) is 0 Å². The Labute approximate surface area is 169 Å². The van der Waals surface area contributed by atoms with Gasteiger partial charge in [-0.15, -0.1) is 0 Å². The predicted octanol–water partition coefficient (Wildman–Crippen LogP) is 2.01. The van der Waals surface area contributed by atoms with Gasteiger partial charge in [-0.3, -0.25) is 19.2 Å². The van der Waals surface area contributed by atoms with Crippen molar-refractivity contribution < 1.29 is 38.5 Å². The second kappa shape index (κ2) is 10.6. The average molecular weight is 409 g/mol. The minimum absolute atomic E-state index is 0.0124. The number of aliphatic carboxylic acids is 1. The van der Waals surface area contributed by atoms with Crippen LogP contribution in [-0.2, 0) is 23.9 Å². The highest BCUT2D eigenvalue weighted by atomic mass is 16.6. The second-order valence-corrected chi connectivity index (χ2v) is 7.00. The Bertz CT molecular complexity index is 774. The fourth-order valence-electron chi connectivity index (χ4n) is 2.63. The summed E-state index contributed by atoms with van der Waals surface area (Å²) in [5.41, 5.74) is 6.30. The Kier molecular flexibility index (Phi) is 8.78. The number of carbonyl (C=O) groups excluding carboxylic acids is 3. The van der Waals surface area contributed by atoms with Crippen LogP contribution in [0, 0.1) is 5.92 Å². The molecule has 0 aliphatic rings. The van der Waals surface area contributed by atoms with Gasteiger partial charge in [0.15, 0.2) is 11.5 Å². The molecule has 2 unspecified atom stereocenters. The smallest absolute Gasteiger partial charge is 0.321 e. The summed E-state index contributed by atoms with van der Waals surface area (Å²) < 4.78 is 15.4. The van der Waals surface area contributed by atoms with Crippen molar-refractivity contribution in [2.24, 2.45) is 11.7 Å². The number of nitrogens with two attached hydrogens (primary N) is 1. The van der Waals surface area contributed by atoms with E-state index in [1.54, 1.807) is 20.8 Å². The Morgan fingerprint density at radius 1 is 1.00 bits per heavy atom. The zero-order chi connectivity index (χ0) is 22.3. The largest absolute Gasteiger partial charge is 0.480 e. The van der Waals surface area contributed by atoms with Crippen molar-refractivity contribution in [2.75, 3.05) is 0 Å². The molecule has 9 nitrogen and oxygen atoms in total. The first kappa shape index (κ1) is 24.1. The van der Waals surface area contributed by atoms with Crippen molar-refractivity contribution in [2.45, 2.75) is 59.1 Å². The van der Waals surface area contributed by atoms with Crippen LogP contribution in [0.25, 0.3) is 0 Å². The lowest BCUT2D eigenvalue weighted by atomic mass is 9.87. The molecule has 1 aromatic rings. The first-order valence-electron chi connectivity index (χ1n) is 9.12. The second-order valence-electron chi connectivity index (χ2n) is 7.00. The molecule has 1 rings (SSSR count). The minimum Gasteiger partial charge on any atom is -0.480 e. The van der Waals surface area contributed by atoms with E-state index in [1.807, 2.05) is 0 Å². The molecule has 0 bridgehead atoms. The summed E-state index contributed by atoms with van der Waals surface area (Å²) in [5.74, 6) is -4.03. The van der Waals surface area contributed by atoms with Crippen molar-refractivity contribution in [3.05, 3.63) is 23.8 Å². The molecule has 29 heavy (non-hydrogen) atoms. The Morgan fingerprint density at radius 2 is 1.55 bits per heavy atom. The molecule has 1 aromatic carbocycles. The van der Waals surface area contributed by atoms with Crippen molar-refractivity contribution in [1.82, 2.24) is 0 Å². The van der Waals surface area contributed by atoms with E-state index < -0.39 is 41.9 Å². The number of rotatable bonds is 9. The molecule has 0 saturated carbocycles. The molecule has 9 heteroatoms. The van der Waals surface area contributed by atoms with Crippen LogP contribution in [0.5, 0.6) is 11.5 Å². The van der Waals surface area contributed by atoms with Crippen molar-refractivity contribution in [3.63, 3.8) is 0 Å². The van der Waals surface area contributed by atoms with Crippen LogP contribution in [-0.4, -0.2) is 41.1 Å². The van der Waals surface area contributed by atoms with Gasteiger partial charge in [0.2, 0.25) is 0 Å². The summed E-state index contributed by atoms with van der Waals surface area (Å²) in [4.78, 5) is 46.0. The van der Waals surface area contributed by atoms with Crippen molar-refractivity contribution in [1.29, 1.82) is 0 Å². The Balaban J connectivity index is 3.26. The van der Waals surface area contributed by atoms with Crippen LogP contribution in [0.15, 0.2) is 18.2 Å². The highest BCUT2D eigenvalue weighted by molar-refractivity contribution is 5.76. The Morgan fingerprint density at radius 3 is 2.03 bits per heavy atom. The van der Waals surface area contributed by atoms with Crippen LogP contribution in [0.4, 0.5) is 0 Å². The van der Waals surface area contributed by atoms with Gasteiger partial charge in [-0.25, -0.2) is 0 Å². The molecule has 0 heterocycles. The molecular formula is C20H27NO8. The summed E-state index contributed by atoms with van der Waals surface area (Å²) in [6, 6.07) is 3.00. The van der Waals surface area contributed by atoms with Gasteiger partial charge in [-0.1, -0.05) is 19.9 Å². The maximum atomic E-state index is 11.8. The third-order valence-corrected chi connectivity index (χ3v) is 4.00. The zero-order valence-electron chi connectivity index (χ0n) is 17.1. The van der Waals surface area contributed by atoms with Gasteiger partial charge in [-0.05, 0) is 31.0 Å². The summed E-state index contributed by atoms with van der Waals surface area (Å²) in [6.45, 7) is 7.39. The van der Waals surface area contributed by atoms with Crippen molar-refractivity contribution >= 4 is 23.9 Å². The van der Waals surface area contributed by atoms with E-state index in [0.29, 0.717) is 5.56 Å². The standard InChI is InChI=1S/C20H27NO8/c1-10(2)20(26)27-11(3)8-15(18(21)19(24)25)14-6-7-16(28-12(4)22)17(9-14)29-13(5)23/h6-7,9-11,15,18H,8,21H2,1-5H3,(H,24,25)/t11?,15?,18-/m0/s1. The van der Waals surface area contributed by atoms with Gasteiger partial charge < -0.3 is 25.1 Å². The molecule has 0 aliphatic carbocycles. The van der Waals surface area contributed by atoms with E-state index in [4.69, 9.17) is 19.9 Å². The molecule has 0 aromatic heterocycles. The van der Waals surface area contributed by atoms with Crippen LogP contribution >= 0.6 is 0 Å². The fraction of sp³-hybridized carbons (Fsp3) is 0.500. The van der Waals surface area contributed by atoms with Gasteiger partial charge in [0.05, 0.1) is 12.0 Å². The topological polar surface area (TPSA) is 142 Å². The summed E-state index contributed by atoms with van der Waals surface area (Å²) in [7, 11) is 0. The molecular weight excluding hydrogens is 382 g/mol. The fourth-order valence-corrected chi connectivity index (χ4v) is 2.63. The van der Waals surface area contributed by atoms with Gasteiger partial charge in [0.25, 0.3) is 0 Å². The van der Waals surface area contributed by atoms with Gasteiger partial charge in [-0.2, -0.15) is 0 Å². The molecule has 0 saturated heterocycles. The number of esters is 3. The quantitative estimate of drug-likeness (QED) is 0.462. The maximum absolute atomic E-state index is 11.8. The van der Waals surface area contributed by atoms with E-state index in [9.17, 15) is 24.3 Å². The molecule has 160 valence electrons. The summed E-state index contributed by atoms with van der Waals surface area (Å²) >= 11 is 0. The monoisotopic (exact) mass is 409 g/mol. The number of hydrogen-bond donors (Lipinski definition) is 2. The number of carboxylic acid groups (broad SMARTS) is 1. The summed E-state index contributed by atoms with van der Waals surface area (Å²) in [6.07, 6.45) is -0.483. The van der Waals surface area contributed by atoms with Crippen LogP contribution < -0.4 is 15.2 Å².